The maximum atomic E-state index is 4.62. The first-order valence-electron chi connectivity index (χ1n) is 6.92. The van der Waals surface area contributed by atoms with Crippen molar-refractivity contribution < 1.29 is 0 Å². The monoisotopic (exact) mass is 272 g/mol. The summed E-state index contributed by atoms with van der Waals surface area (Å²) in [7, 11) is 0. The SMILES string of the molecule is C=NC(=NCc1cccc2ccccc12)c1ccccc1. The quantitative estimate of drug-likeness (QED) is 0.496. The Morgan fingerprint density at radius 3 is 2.33 bits per heavy atom. The third kappa shape index (κ3) is 2.90. The molecule has 0 aliphatic rings. The Balaban J connectivity index is 1.95. The van der Waals surface area contributed by atoms with Crippen molar-refractivity contribution in [3.63, 3.8) is 0 Å². The van der Waals surface area contributed by atoms with E-state index in [0.717, 1.165) is 5.56 Å². The minimum Gasteiger partial charge on any atom is -0.261 e. The van der Waals surface area contributed by atoms with Gasteiger partial charge >= 0.3 is 0 Å². The molecule has 0 aliphatic heterocycles. The Hall–Kier alpha value is -2.74. The van der Waals surface area contributed by atoms with Crippen molar-refractivity contribution in [2.45, 2.75) is 6.54 Å². The van der Waals surface area contributed by atoms with Crippen molar-refractivity contribution in [3.05, 3.63) is 83.9 Å². The highest BCUT2D eigenvalue weighted by Crippen LogP contribution is 2.19. The first kappa shape index (κ1) is 13.3. The van der Waals surface area contributed by atoms with Gasteiger partial charge in [-0.1, -0.05) is 72.8 Å². The molecular weight excluding hydrogens is 256 g/mol. The Bertz CT molecular complexity index is 784. The van der Waals surface area contributed by atoms with Crippen LogP contribution in [-0.2, 0) is 6.54 Å². The van der Waals surface area contributed by atoms with Crippen LogP contribution in [0.2, 0.25) is 0 Å². The topological polar surface area (TPSA) is 24.7 Å². The molecule has 102 valence electrons. The number of hydrogen-bond acceptors (Lipinski definition) is 1. The van der Waals surface area contributed by atoms with E-state index >= 15 is 0 Å². The van der Waals surface area contributed by atoms with Gasteiger partial charge in [0.25, 0.3) is 0 Å². The molecule has 0 heterocycles. The lowest BCUT2D eigenvalue weighted by Gasteiger charge is -2.05. The smallest absolute Gasteiger partial charge is 0.154 e. The molecule has 3 aromatic carbocycles. The summed E-state index contributed by atoms with van der Waals surface area (Å²) < 4.78 is 0. The van der Waals surface area contributed by atoms with Crippen LogP contribution in [-0.4, -0.2) is 12.6 Å². The third-order valence-electron chi connectivity index (χ3n) is 3.46. The molecule has 0 unspecified atom stereocenters. The molecule has 0 aromatic heterocycles. The fraction of sp³-hybridized carbons (Fsp3) is 0.0526. The van der Waals surface area contributed by atoms with Crippen LogP contribution in [0, 0.1) is 0 Å². The summed E-state index contributed by atoms with van der Waals surface area (Å²) in [5, 5.41) is 2.47. The summed E-state index contributed by atoms with van der Waals surface area (Å²) in [4.78, 5) is 8.67. The molecule has 0 saturated carbocycles. The zero-order valence-corrected chi connectivity index (χ0v) is 11.7. The second kappa shape index (κ2) is 6.14. The Morgan fingerprint density at radius 1 is 0.810 bits per heavy atom. The van der Waals surface area contributed by atoms with E-state index in [1.807, 2.05) is 30.3 Å². The number of rotatable bonds is 3. The summed E-state index contributed by atoms with van der Waals surface area (Å²) in [6, 6.07) is 24.6. The van der Waals surface area contributed by atoms with Gasteiger partial charge in [-0.05, 0) is 23.1 Å². The van der Waals surface area contributed by atoms with E-state index in [-0.39, 0.29) is 0 Å². The molecular formula is C19H16N2. The van der Waals surface area contributed by atoms with Crippen molar-refractivity contribution in [3.8, 4) is 0 Å². The summed E-state index contributed by atoms with van der Waals surface area (Å²) >= 11 is 0. The first-order valence-corrected chi connectivity index (χ1v) is 6.92. The minimum absolute atomic E-state index is 0.602. The Labute approximate surface area is 124 Å². The fourth-order valence-corrected chi connectivity index (χ4v) is 2.41. The normalized spacial score (nSPS) is 11.5. The van der Waals surface area contributed by atoms with Crippen LogP contribution < -0.4 is 0 Å². The summed E-state index contributed by atoms with van der Waals surface area (Å²) in [6.45, 7) is 4.23. The van der Waals surface area contributed by atoms with E-state index in [4.69, 9.17) is 0 Å². The molecule has 0 amide bonds. The summed E-state index contributed by atoms with van der Waals surface area (Å²) in [6.07, 6.45) is 0. The molecule has 0 bridgehead atoms. The van der Waals surface area contributed by atoms with Crippen molar-refractivity contribution in [1.82, 2.24) is 0 Å². The van der Waals surface area contributed by atoms with E-state index < -0.39 is 0 Å². The van der Waals surface area contributed by atoms with E-state index in [9.17, 15) is 0 Å². The third-order valence-corrected chi connectivity index (χ3v) is 3.46. The highest BCUT2D eigenvalue weighted by molar-refractivity contribution is 6.01. The average Bonchev–Trinajstić information content (AvgIpc) is 2.56. The predicted molar refractivity (Wildman–Crippen MR) is 90.2 cm³/mol. The fourth-order valence-electron chi connectivity index (χ4n) is 2.41. The number of hydrogen-bond donors (Lipinski definition) is 0. The van der Waals surface area contributed by atoms with Gasteiger partial charge in [0.1, 0.15) is 0 Å². The zero-order chi connectivity index (χ0) is 14.5. The van der Waals surface area contributed by atoms with Crippen LogP contribution in [0.15, 0.2) is 82.8 Å². The Kier molecular flexibility index (Phi) is 3.88. The van der Waals surface area contributed by atoms with Gasteiger partial charge in [0.05, 0.1) is 6.54 Å². The summed E-state index contributed by atoms with van der Waals surface area (Å²) in [5.41, 5.74) is 2.19. The van der Waals surface area contributed by atoms with Crippen molar-refractivity contribution in [1.29, 1.82) is 0 Å². The zero-order valence-electron chi connectivity index (χ0n) is 11.7. The van der Waals surface area contributed by atoms with Gasteiger partial charge < -0.3 is 0 Å². The van der Waals surface area contributed by atoms with Gasteiger partial charge in [-0.15, -0.1) is 0 Å². The summed E-state index contributed by atoms with van der Waals surface area (Å²) in [5.74, 6) is 0.684. The molecule has 0 spiro atoms. The second-order valence-corrected chi connectivity index (χ2v) is 4.80. The van der Waals surface area contributed by atoms with Crippen LogP contribution in [0.4, 0.5) is 0 Å². The van der Waals surface area contributed by atoms with E-state index in [2.05, 4.69) is 59.2 Å². The highest BCUT2D eigenvalue weighted by Gasteiger charge is 2.02. The molecule has 3 rings (SSSR count). The predicted octanol–water partition coefficient (Wildman–Crippen LogP) is 4.49. The standard InChI is InChI=1S/C19H16N2/c1-20-19(16-9-3-2-4-10-16)21-14-17-12-7-11-15-8-5-6-13-18(15)17/h2-13H,1,14H2. The van der Waals surface area contributed by atoms with E-state index in [1.165, 1.54) is 16.3 Å². The first-order chi connectivity index (χ1) is 10.4. The molecule has 0 atom stereocenters. The molecule has 21 heavy (non-hydrogen) atoms. The lowest BCUT2D eigenvalue weighted by atomic mass is 10.0. The number of nitrogens with zero attached hydrogens (tertiary/aromatic N) is 2. The van der Waals surface area contributed by atoms with Crippen LogP contribution >= 0.6 is 0 Å². The number of amidine groups is 1. The van der Waals surface area contributed by atoms with Crippen molar-refractivity contribution >= 4 is 23.3 Å². The molecule has 2 heteroatoms. The second-order valence-electron chi connectivity index (χ2n) is 4.80. The number of benzene rings is 3. The molecule has 0 fully saturated rings. The maximum Gasteiger partial charge on any atom is 0.154 e. The average molecular weight is 272 g/mol. The van der Waals surface area contributed by atoms with Crippen LogP contribution in [0.1, 0.15) is 11.1 Å². The maximum absolute atomic E-state index is 4.62. The molecule has 0 N–H and O–H groups in total. The molecule has 0 aliphatic carbocycles. The van der Waals surface area contributed by atoms with Crippen LogP contribution in [0.25, 0.3) is 10.8 Å². The minimum atomic E-state index is 0.602. The van der Waals surface area contributed by atoms with Gasteiger partial charge in [0.15, 0.2) is 5.84 Å². The molecule has 0 radical (unpaired) electrons. The van der Waals surface area contributed by atoms with Gasteiger partial charge in [0, 0.05) is 5.56 Å². The Morgan fingerprint density at radius 2 is 1.52 bits per heavy atom. The number of aliphatic imine (C=N–C) groups is 2. The van der Waals surface area contributed by atoms with Gasteiger partial charge in [-0.2, -0.15) is 0 Å². The highest BCUT2D eigenvalue weighted by atomic mass is 14.9. The largest absolute Gasteiger partial charge is 0.261 e. The molecule has 3 aromatic rings. The molecule has 2 nitrogen and oxygen atoms in total. The van der Waals surface area contributed by atoms with E-state index in [1.54, 1.807) is 0 Å². The van der Waals surface area contributed by atoms with Crippen LogP contribution in [0.5, 0.6) is 0 Å². The number of fused-ring (bicyclic) bond motifs is 1. The van der Waals surface area contributed by atoms with Crippen molar-refractivity contribution in [2.75, 3.05) is 0 Å². The van der Waals surface area contributed by atoms with Gasteiger partial charge in [-0.25, -0.2) is 4.99 Å². The lowest BCUT2D eigenvalue weighted by molar-refractivity contribution is 1.08. The van der Waals surface area contributed by atoms with Crippen LogP contribution in [0.3, 0.4) is 0 Å². The van der Waals surface area contributed by atoms with E-state index in [0.29, 0.717) is 12.4 Å². The van der Waals surface area contributed by atoms with Gasteiger partial charge in [-0.3, -0.25) is 4.99 Å². The lowest BCUT2D eigenvalue weighted by Crippen LogP contribution is -1.97. The van der Waals surface area contributed by atoms with Gasteiger partial charge in [0.2, 0.25) is 0 Å². The van der Waals surface area contributed by atoms with Crippen molar-refractivity contribution in [2.24, 2.45) is 9.98 Å². The molecule has 0 saturated heterocycles.